The van der Waals surface area contributed by atoms with E-state index in [9.17, 15) is 4.39 Å². The summed E-state index contributed by atoms with van der Waals surface area (Å²) in [6.45, 7) is 4.26. The van der Waals surface area contributed by atoms with Crippen molar-refractivity contribution in [3.8, 4) is 17.2 Å². The zero-order chi connectivity index (χ0) is 13.1. The van der Waals surface area contributed by atoms with Crippen LogP contribution in [-0.4, -0.2) is 0 Å². The Balaban J connectivity index is 2.43. The zero-order valence-corrected chi connectivity index (χ0v) is 10.4. The third-order valence-corrected chi connectivity index (χ3v) is 2.94. The van der Waals surface area contributed by atoms with E-state index in [0.29, 0.717) is 11.5 Å². The smallest absolute Gasteiger partial charge is 0.125 e. The van der Waals surface area contributed by atoms with Crippen LogP contribution in [-0.2, 0) is 0 Å². The molecule has 0 heterocycles. The van der Waals surface area contributed by atoms with Crippen LogP contribution in [0, 0.1) is 17.1 Å². The Labute approximate surface area is 107 Å². The summed E-state index contributed by atoms with van der Waals surface area (Å²) in [5.41, 5.74) is 3.26. The van der Waals surface area contributed by atoms with Crippen molar-refractivity contribution in [1.82, 2.24) is 0 Å². The summed E-state index contributed by atoms with van der Waals surface area (Å²) in [6, 6.07) is 14.4. The van der Waals surface area contributed by atoms with E-state index in [1.807, 2.05) is 30.3 Å². The number of nitrogens with zero attached hydrogens (tertiary/aromatic N) is 1. The number of hydrogen-bond acceptors (Lipinski definition) is 1. The van der Waals surface area contributed by atoms with E-state index in [1.54, 1.807) is 6.07 Å². The lowest BCUT2D eigenvalue weighted by molar-refractivity contribution is 0.628. The molecule has 0 saturated carbocycles. The molecule has 2 rings (SSSR count). The van der Waals surface area contributed by atoms with Crippen molar-refractivity contribution in [3.05, 3.63) is 59.4 Å². The lowest BCUT2D eigenvalue weighted by Crippen LogP contribution is -1.88. The predicted octanol–water partition coefficient (Wildman–Crippen LogP) is 4.49. The lowest BCUT2D eigenvalue weighted by atomic mass is 9.98. The lowest BCUT2D eigenvalue weighted by Gasteiger charge is -2.07. The molecule has 0 amide bonds. The molecule has 0 N–H and O–H groups in total. The maximum absolute atomic E-state index is 13.4. The van der Waals surface area contributed by atoms with Crippen LogP contribution < -0.4 is 0 Å². The highest BCUT2D eigenvalue weighted by Gasteiger charge is 2.04. The van der Waals surface area contributed by atoms with Gasteiger partial charge in [0.25, 0.3) is 0 Å². The first-order valence-corrected chi connectivity index (χ1v) is 5.91. The van der Waals surface area contributed by atoms with E-state index in [0.717, 1.165) is 11.1 Å². The van der Waals surface area contributed by atoms with Gasteiger partial charge in [0, 0.05) is 0 Å². The van der Waals surface area contributed by atoms with Crippen molar-refractivity contribution in [1.29, 1.82) is 5.26 Å². The van der Waals surface area contributed by atoms with Gasteiger partial charge in [-0.15, -0.1) is 0 Å². The van der Waals surface area contributed by atoms with Gasteiger partial charge < -0.3 is 0 Å². The first-order chi connectivity index (χ1) is 8.60. The fourth-order valence-electron chi connectivity index (χ4n) is 1.88. The van der Waals surface area contributed by atoms with E-state index < -0.39 is 0 Å². The van der Waals surface area contributed by atoms with E-state index >= 15 is 0 Å². The number of benzene rings is 2. The molecule has 0 atom stereocenters. The van der Waals surface area contributed by atoms with Crippen molar-refractivity contribution in [3.63, 3.8) is 0 Å². The maximum atomic E-state index is 13.4. The van der Waals surface area contributed by atoms with Gasteiger partial charge in [0.1, 0.15) is 5.82 Å². The molecule has 0 bridgehead atoms. The van der Waals surface area contributed by atoms with Crippen LogP contribution in [0.4, 0.5) is 4.39 Å². The van der Waals surface area contributed by atoms with Gasteiger partial charge in [-0.3, -0.25) is 0 Å². The van der Waals surface area contributed by atoms with E-state index in [-0.39, 0.29) is 5.82 Å². The second kappa shape index (κ2) is 5.01. The van der Waals surface area contributed by atoms with Crippen molar-refractivity contribution in [2.45, 2.75) is 19.8 Å². The van der Waals surface area contributed by atoms with Crippen LogP contribution in [0.3, 0.4) is 0 Å². The number of halogens is 1. The summed E-state index contributed by atoms with van der Waals surface area (Å²) < 4.78 is 13.4. The van der Waals surface area contributed by atoms with Gasteiger partial charge in [0.05, 0.1) is 11.6 Å². The normalized spacial score (nSPS) is 10.4. The first-order valence-electron chi connectivity index (χ1n) is 5.91. The minimum Gasteiger partial charge on any atom is -0.207 e. The molecule has 0 aliphatic rings. The fraction of sp³-hybridized carbons (Fsp3) is 0.188. The fourth-order valence-corrected chi connectivity index (χ4v) is 1.88. The van der Waals surface area contributed by atoms with Gasteiger partial charge in [-0.2, -0.15) is 5.26 Å². The monoisotopic (exact) mass is 239 g/mol. The highest BCUT2D eigenvalue weighted by atomic mass is 19.1. The predicted molar refractivity (Wildman–Crippen MR) is 70.6 cm³/mol. The van der Waals surface area contributed by atoms with Crippen LogP contribution in [0.1, 0.15) is 30.9 Å². The standard InChI is InChI=1S/C16H14FN/c1-11(2)13-3-5-14(6-4-13)15-7-12(10-18)8-16(17)9-15/h3-9,11H,1-2H3. The number of nitriles is 1. The quantitative estimate of drug-likeness (QED) is 0.757. The Morgan fingerprint density at radius 1 is 1.00 bits per heavy atom. The average molecular weight is 239 g/mol. The second-order valence-electron chi connectivity index (χ2n) is 4.62. The average Bonchev–Trinajstić information content (AvgIpc) is 2.38. The van der Waals surface area contributed by atoms with Crippen molar-refractivity contribution in [2.75, 3.05) is 0 Å². The van der Waals surface area contributed by atoms with Gasteiger partial charge in [-0.1, -0.05) is 38.1 Å². The Bertz CT molecular complexity index is 591. The molecule has 0 aliphatic carbocycles. The van der Waals surface area contributed by atoms with Gasteiger partial charge in [0.15, 0.2) is 0 Å². The Hall–Kier alpha value is -2.14. The van der Waals surface area contributed by atoms with Crippen LogP contribution in [0.25, 0.3) is 11.1 Å². The Morgan fingerprint density at radius 3 is 2.22 bits per heavy atom. The Morgan fingerprint density at radius 2 is 1.67 bits per heavy atom. The van der Waals surface area contributed by atoms with Gasteiger partial charge in [-0.25, -0.2) is 4.39 Å². The molecule has 0 unspecified atom stereocenters. The molecule has 2 aromatic carbocycles. The molecule has 0 fully saturated rings. The van der Waals surface area contributed by atoms with Crippen LogP contribution in [0.2, 0.25) is 0 Å². The van der Waals surface area contributed by atoms with E-state index in [1.165, 1.54) is 17.7 Å². The zero-order valence-electron chi connectivity index (χ0n) is 10.4. The largest absolute Gasteiger partial charge is 0.207 e. The molecule has 90 valence electrons. The molecule has 1 nitrogen and oxygen atoms in total. The van der Waals surface area contributed by atoms with Crippen molar-refractivity contribution < 1.29 is 4.39 Å². The number of rotatable bonds is 2. The van der Waals surface area contributed by atoms with Gasteiger partial charge >= 0.3 is 0 Å². The molecule has 0 aliphatic heterocycles. The van der Waals surface area contributed by atoms with Crippen molar-refractivity contribution >= 4 is 0 Å². The minimum absolute atomic E-state index is 0.345. The molecule has 2 heteroatoms. The minimum atomic E-state index is -0.378. The molecular weight excluding hydrogens is 225 g/mol. The molecule has 0 aromatic heterocycles. The van der Waals surface area contributed by atoms with E-state index in [4.69, 9.17) is 5.26 Å². The topological polar surface area (TPSA) is 23.8 Å². The summed E-state index contributed by atoms with van der Waals surface area (Å²) in [4.78, 5) is 0. The summed E-state index contributed by atoms with van der Waals surface area (Å²) in [5, 5.41) is 8.83. The van der Waals surface area contributed by atoms with Gasteiger partial charge in [0.2, 0.25) is 0 Å². The Kier molecular flexibility index (Phi) is 3.43. The van der Waals surface area contributed by atoms with Crippen LogP contribution in [0.15, 0.2) is 42.5 Å². The molecule has 0 spiro atoms. The second-order valence-corrected chi connectivity index (χ2v) is 4.62. The molecule has 0 radical (unpaired) electrons. The molecular formula is C16H14FN. The third-order valence-electron chi connectivity index (χ3n) is 2.94. The summed E-state index contributed by atoms with van der Waals surface area (Å²) in [6.07, 6.45) is 0. The highest BCUT2D eigenvalue weighted by molar-refractivity contribution is 5.65. The summed E-state index contributed by atoms with van der Waals surface area (Å²) in [7, 11) is 0. The third kappa shape index (κ3) is 2.57. The van der Waals surface area contributed by atoms with Gasteiger partial charge in [-0.05, 0) is 40.8 Å². The van der Waals surface area contributed by atoms with Crippen LogP contribution >= 0.6 is 0 Å². The summed E-state index contributed by atoms with van der Waals surface area (Å²) >= 11 is 0. The SMILES string of the molecule is CC(C)c1ccc(-c2cc(F)cc(C#N)c2)cc1. The molecule has 0 saturated heterocycles. The van der Waals surface area contributed by atoms with Crippen LogP contribution in [0.5, 0.6) is 0 Å². The summed E-state index contributed by atoms with van der Waals surface area (Å²) in [5.74, 6) is 0.0956. The number of hydrogen-bond donors (Lipinski definition) is 0. The maximum Gasteiger partial charge on any atom is 0.125 e. The van der Waals surface area contributed by atoms with Crippen molar-refractivity contribution in [2.24, 2.45) is 0 Å². The molecule has 2 aromatic rings. The first kappa shape index (κ1) is 12.3. The van der Waals surface area contributed by atoms with E-state index in [2.05, 4.69) is 13.8 Å². The molecule has 18 heavy (non-hydrogen) atoms. The highest BCUT2D eigenvalue weighted by Crippen LogP contribution is 2.24.